The summed E-state index contributed by atoms with van der Waals surface area (Å²) >= 11 is 0. The summed E-state index contributed by atoms with van der Waals surface area (Å²) in [6.45, 7) is 0.405. The van der Waals surface area contributed by atoms with Crippen LogP contribution in [0.25, 0.3) is 10.9 Å². The molecule has 0 radical (unpaired) electrons. The maximum absolute atomic E-state index is 11.1. The molecule has 21 heavy (non-hydrogen) atoms. The molecule has 0 aliphatic carbocycles. The van der Waals surface area contributed by atoms with Crippen molar-refractivity contribution in [1.82, 2.24) is 4.57 Å². The van der Waals surface area contributed by atoms with Gasteiger partial charge in [-0.25, -0.2) is 0 Å². The second-order valence-electron chi connectivity index (χ2n) is 4.88. The summed E-state index contributed by atoms with van der Waals surface area (Å²) in [5.41, 5.74) is 2.57. The van der Waals surface area contributed by atoms with Crippen molar-refractivity contribution in [3.63, 3.8) is 0 Å². The van der Waals surface area contributed by atoms with Gasteiger partial charge in [-0.05, 0) is 23.1 Å². The van der Waals surface area contributed by atoms with Crippen LogP contribution in [0.5, 0.6) is 0 Å². The van der Waals surface area contributed by atoms with Crippen molar-refractivity contribution in [2.75, 3.05) is 0 Å². The smallest absolute Gasteiger partial charge is 0.274 e. The lowest BCUT2D eigenvalue weighted by molar-refractivity contribution is -0.385. The third-order valence-electron chi connectivity index (χ3n) is 3.55. The van der Waals surface area contributed by atoms with Crippen LogP contribution in [-0.2, 0) is 13.2 Å². The third-order valence-corrected chi connectivity index (χ3v) is 3.55. The number of para-hydroxylation sites is 1. The van der Waals surface area contributed by atoms with E-state index in [2.05, 4.69) is 0 Å². The number of aliphatic hydroxyl groups excluding tert-OH is 1. The lowest BCUT2D eigenvalue weighted by Gasteiger charge is -2.07. The van der Waals surface area contributed by atoms with Gasteiger partial charge in [-0.15, -0.1) is 0 Å². The van der Waals surface area contributed by atoms with Crippen LogP contribution >= 0.6 is 0 Å². The summed E-state index contributed by atoms with van der Waals surface area (Å²) in [6, 6.07) is 14.4. The highest BCUT2D eigenvalue weighted by molar-refractivity contribution is 5.81. The fourth-order valence-corrected chi connectivity index (χ4v) is 2.47. The quantitative estimate of drug-likeness (QED) is 0.590. The maximum Gasteiger partial charge on any atom is 0.274 e. The van der Waals surface area contributed by atoms with Gasteiger partial charge in [0.2, 0.25) is 0 Å². The van der Waals surface area contributed by atoms with Gasteiger partial charge in [-0.1, -0.05) is 30.3 Å². The summed E-state index contributed by atoms with van der Waals surface area (Å²) in [7, 11) is 0. The van der Waals surface area contributed by atoms with Gasteiger partial charge in [0.25, 0.3) is 5.69 Å². The van der Waals surface area contributed by atoms with Crippen LogP contribution in [-0.4, -0.2) is 14.6 Å². The predicted octanol–water partition coefficient (Wildman–Crippen LogP) is 3.09. The number of nitrogens with zero attached hydrogens (tertiary/aromatic N) is 2. The van der Waals surface area contributed by atoms with Crippen LogP contribution in [0.1, 0.15) is 11.1 Å². The van der Waals surface area contributed by atoms with Crippen molar-refractivity contribution in [1.29, 1.82) is 0 Å². The van der Waals surface area contributed by atoms with E-state index >= 15 is 0 Å². The highest BCUT2D eigenvalue weighted by Crippen LogP contribution is 2.23. The van der Waals surface area contributed by atoms with E-state index in [0.717, 1.165) is 16.5 Å². The molecule has 5 heteroatoms. The molecule has 0 aliphatic rings. The molecule has 3 aromatic rings. The van der Waals surface area contributed by atoms with Gasteiger partial charge < -0.3 is 9.67 Å². The number of rotatable bonds is 4. The minimum absolute atomic E-state index is 0.0212. The van der Waals surface area contributed by atoms with Gasteiger partial charge in [0.05, 0.1) is 18.1 Å². The minimum Gasteiger partial charge on any atom is -0.392 e. The SMILES string of the molecule is O=[N+]([O-])c1ccccc1Cn1ccc2ccc(CO)cc21. The molecule has 1 heterocycles. The van der Waals surface area contributed by atoms with E-state index in [1.807, 2.05) is 35.0 Å². The predicted molar refractivity (Wildman–Crippen MR) is 80.1 cm³/mol. The normalized spacial score (nSPS) is 10.9. The summed E-state index contributed by atoms with van der Waals surface area (Å²) in [5, 5.41) is 21.4. The molecule has 0 spiro atoms. The Morgan fingerprint density at radius 2 is 1.95 bits per heavy atom. The van der Waals surface area contributed by atoms with Crippen molar-refractivity contribution >= 4 is 16.6 Å². The molecule has 1 aromatic heterocycles. The van der Waals surface area contributed by atoms with Crippen LogP contribution < -0.4 is 0 Å². The van der Waals surface area contributed by atoms with Gasteiger partial charge in [-0.2, -0.15) is 0 Å². The van der Waals surface area contributed by atoms with E-state index in [9.17, 15) is 15.2 Å². The van der Waals surface area contributed by atoms with E-state index in [4.69, 9.17) is 0 Å². The summed E-state index contributed by atoms with van der Waals surface area (Å²) in [5.74, 6) is 0. The zero-order chi connectivity index (χ0) is 14.8. The van der Waals surface area contributed by atoms with E-state index < -0.39 is 0 Å². The van der Waals surface area contributed by atoms with Crippen molar-refractivity contribution in [3.8, 4) is 0 Å². The average molecular weight is 282 g/mol. The molecule has 5 nitrogen and oxygen atoms in total. The monoisotopic (exact) mass is 282 g/mol. The number of hydrogen-bond acceptors (Lipinski definition) is 3. The largest absolute Gasteiger partial charge is 0.392 e. The highest BCUT2D eigenvalue weighted by Gasteiger charge is 2.13. The fourth-order valence-electron chi connectivity index (χ4n) is 2.47. The lowest BCUT2D eigenvalue weighted by Crippen LogP contribution is -2.02. The van der Waals surface area contributed by atoms with E-state index in [0.29, 0.717) is 12.1 Å². The topological polar surface area (TPSA) is 68.3 Å². The number of aromatic nitrogens is 1. The molecule has 0 saturated heterocycles. The number of hydrogen-bond donors (Lipinski definition) is 1. The first-order valence-electron chi connectivity index (χ1n) is 6.60. The van der Waals surface area contributed by atoms with Crippen LogP contribution in [0.15, 0.2) is 54.7 Å². The molecule has 106 valence electrons. The summed E-state index contributed by atoms with van der Waals surface area (Å²) in [6.07, 6.45) is 1.91. The van der Waals surface area contributed by atoms with E-state index in [-0.39, 0.29) is 17.2 Å². The molecular formula is C16H14N2O3. The van der Waals surface area contributed by atoms with Gasteiger partial charge in [-0.3, -0.25) is 10.1 Å². The number of aliphatic hydroxyl groups is 1. The molecule has 0 unspecified atom stereocenters. The standard InChI is InChI=1S/C16H14N2O3/c19-11-12-5-6-13-7-8-17(16(13)9-12)10-14-3-1-2-4-15(14)18(20)21/h1-9,19H,10-11H2. The summed E-state index contributed by atoms with van der Waals surface area (Å²) in [4.78, 5) is 10.7. The Hall–Kier alpha value is -2.66. The van der Waals surface area contributed by atoms with Gasteiger partial charge >= 0.3 is 0 Å². The Balaban J connectivity index is 2.04. The Bertz CT molecular complexity index is 808. The van der Waals surface area contributed by atoms with Crippen molar-refractivity contribution < 1.29 is 10.0 Å². The Morgan fingerprint density at radius 3 is 2.71 bits per heavy atom. The minimum atomic E-state index is -0.361. The lowest BCUT2D eigenvalue weighted by atomic mass is 10.1. The van der Waals surface area contributed by atoms with Gasteiger partial charge in [0.15, 0.2) is 0 Å². The zero-order valence-corrected chi connectivity index (χ0v) is 11.3. The van der Waals surface area contributed by atoms with Gasteiger partial charge in [0.1, 0.15) is 0 Å². The Morgan fingerprint density at radius 1 is 1.14 bits per heavy atom. The van der Waals surface area contributed by atoms with Crippen LogP contribution in [0.2, 0.25) is 0 Å². The van der Waals surface area contributed by atoms with Gasteiger partial charge in [0, 0.05) is 23.3 Å². The molecule has 0 aliphatic heterocycles. The maximum atomic E-state index is 11.1. The van der Waals surface area contributed by atoms with E-state index in [1.165, 1.54) is 6.07 Å². The molecule has 0 bridgehead atoms. The number of fused-ring (bicyclic) bond motifs is 1. The zero-order valence-electron chi connectivity index (χ0n) is 11.3. The molecule has 3 rings (SSSR count). The molecular weight excluding hydrogens is 268 g/mol. The van der Waals surface area contributed by atoms with Crippen LogP contribution in [0, 0.1) is 10.1 Å². The number of nitro benzene ring substituents is 1. The van der Waals surface area contributed by atoms with Crippen molar-refractivity contribution in [3.05, 3.63) is 76.0 Å². The second kappa shape index (κ2) is 5.38. The average Bonchev–Trinajstić information content (AvgIpc) is 2.90. The highest BCUT2D eigenvalue weighted by atomic mass is 16.6. The molecule has 0 fully saturated rings. The number of nitro groups is 1. The Labute approximate surface area is 121 Å². The molecule has 2 aromatic carbocycles. The van der Waals surface area contributed by atoms with Crippen molar-refractivity contribution in [2.24, 2.45) is 0 Å². The van der Waals surface area contributed by atoms with E-state index in [1.54, 1.807) is 18.2 Å². The van der Waals surface area contributed by atoms with Crippen LogP contribution in [0.4, 0.5) is 5.69 Å². The Kier molecular flexibility index (Phi) is 3.41. The molecule has 0 atom stereocenters. The third kappa shape index (κ3) is 2.51. The first-order chi connectivity index (χ1) is 10.2. The number of benzene rings is 2. The molecule has 1 N–H and O–H groups in total. The first-order valence-corrected chi connectivity index (χ1v) is 6.60. The first kappa shape index (κ1) is 13.3. The molecule has 0 saturated carbocycles. The second-order valence-corrected chi connectivity index (χ2v) is 4.88. The van der Waals surface area contributed by atoms with Crippen LogP contribution in [0.3, 0.4) is 0 Å². The van der Waals surface area contributed by atoms with Crippen molar-refractivity contribution in [2.45, 2.75) is 13.2 Å². The molecule has 0 amide bonds. The fraction of sp³-hybridized carbons (Fsp3) is 0.125. The summed E-state index contributed by atoms with van der Waals surface area (Å²) < 4.78 is 1.96.